The van der Waals surface area contributed by atoms with Crippen LogP contribution in [0.4, 0.5) is 0 Å². The van der Waals surface area contributed by atoms with Crippen LogP contribution in [0, 0.1) is 0 Å². The molecule has 0 unspecified atom stereocenters. The van der Waals surface area contributed by atoms with Crippen molar-refractivity contribution in [2.24, 2.45) is 0 Å². The lowest BCUT2D eigenvalue weighted by molar-refractivity contribution is -0.121. The van der Waals surface area contributed by atoms with Gasteiger partial charge in [0.25, 0.3) is 0 Å². The highest BCUT2D eigenvalue weighted by molar-refractivity contribution is 7.88. The molecule has 5 nitrogen and oxygen atoms in total. The van der Waals surface area contributed by atoms with Crippen molar-refractivity contribution in [2.75, 3.05) is 25.9 Å². The highest BCUT2D eigenvalue weighted by atomic mass is 35.5. The third-order valence-electron chi connectivity index (χ3n) is 3.54. The Morgan fingerprint density at radius 3 is 2.54 bits per heavy atom. The number of unbranched alkanes of at least 4 members (excludes halogenated alkanes) is 2. The number of hydrogen-bond donors (Lipinski definition) is 1. The standard InChI is InChI=1S/C16H24Cl2N2O3S/c1-3-4-5-9-19-16(21)12-20(24(2,22)23)10-8-13-6-7-14(17)11-15(13)18/h6-7,11H,3-5,8-10,12H2,1-2H3,(H,19,21). The van der Waals surface area contributed by atoms with E-state index < -0.39 is 10.0 Å². The summed E-state index contributed by atoms with van der Waals surface area (Å²) in [5.74, 6) is -0.293. The number of rotatable bonds is 10. The summed E-state index contributed by atoms with van der Waals surface area (Å²) in [5, 5.41) is 3.76. The van der Waals surface area contributed by atoms with Crippen molar-refractivity contribution < 1.29 is 13.2 Å². The minimum atomic E-state index is -3.48. The van der Waals surface area contributed by atoms with Crippen LogP contribution in [0.2, 0.25) is 10.0 Å². The van der Waals surface area contributed by atoms with Crippen LogP contribution in [0.25, 0.3) is 0 Å². The molecule has 1 rings (SSSR count). The van der Waals surface area contributed by atoms with E-state index >= 15 is 0 Å². The quantitative estimate of drug-likeness (QED) is 0.619. The zero-order chi connectivity index (χ0) is 18.2. The second-order valence-electron chi connectivity index (χ2n) is 5.64. The summed E-state index contributed by atoms with van der Waals surface area (Å²) >= 11 is 11.9. The number of benzene rings is 1. The number of carbonyl (C=O) groups excluding carboxylic acids is 1. The van der Waals surface area contributed by atoms with Crippen LogP contribution in [0.3, 0.4) is 0 Å². The van der Waals surface area contributed by atoms with Crippen LogP contribution in [0.5, 0.6) is 0 Å². The van der Waals surface area contributed by atoms with Gasteiger partial charge >= 0.3 is 0 Å². The van der Waals surface area contributed by atoms with Crippen molar-refractivity contribution in [1.82, 2.24) is 9.62 Å². The van der Waals surface area contributed by atoms with Crippen molar-refractivity contribution in [1.29, 1.82) is 0 Å². The molecule has 1 aromatic rings. The summed E-state index contributed by atoms with van der Waals surface area (Å²) in [6.07, 6.45) is 4.49. The number of hydrogen-bond acceptors (Lipinski definition) is 3. The van der Waals surface area contributed by atoms with E-state index in [2.05, 4.69) is 12.2 Å². The van der Waals surface area contributed by atoms with E-state index in [1.54, 1.807) is 18.2 Å². The monoisotopic (exact) mass is 394 g/mol. The molecule has 0 aromatic heterocycles. The van der Waals surface area contributed by atoms with Gasteiger partial charge in [-0.05, 0) is 30.5 Å². The summed E-state index contributed by atoms with van der Waals surface area (Å²) in [6, 6.07) is 5.08. The Morgan fingerprint density at radius 2 is 1.96 bits per heavy atom. The Labute approximate surface area is 154 Å². The van der Waals surface area contributed by atoms with Crippen LogP contribution >= 0.6 is 23.2 Å². The van der Waals surface area contributed by atoms with Crippen molar-refractivity contribution in [3.05, 3.63) is 33.8 Å². The molecule has 8 heteroatoms. The summed E-state index contributed by atoms with van der Waals surface area (Å²) in [4.78, 5) is 11.9. The molecule has 1 N–H and O–H groups in total. The van der Waals surface area contributed by atoms with Gasteiger partial charge in [-0.15, -0.1) is 0 Å². The second kappa shape index (κ2) is 10.2. The summed E-state index contributed by atoms with van der Waals surface area (Å²) in [5.41, 5.74) is 0.790. The van der Waals surface area contributed by atoms with Crippen LogP contribution in [0.1, 0.15) is 31.7 Å². The molecule has 0 aliphatic heterocycles. The number of carbonyl (C=O) groups is 1. The molecule has 0 radical (unpaired) electrons. The lowest BCUT2D eigenvalue weighted by atomic mass is 10.1. The number of sulfonamides is 1. The predicted molar refractivity (Wildman–Crippen MR) is 99.1 cm³/mol. The predicted octanol–water partition coefficient (Wildman–Crippen LogP) is 3.10. The first-order chi connectivity index (χ1) is 11.2. The maximum absolute atomic E-state index is 11.9. The van der Waals surface area contributed by atoms with Gasteiger partial charge in [0.15, 0.2) is 0 Å². The number of nitrogens with one attached hydrogen (secondary N) is 1. The molecule has 0 aliphatic rings. The van der Waals surface area contributed by atoms with Crippen LogP contribution < -0.4 is 5.32 Å². The molecule has 0 spiro atoms. The smallest absolute Gasteiger partial charge is 0.235 e. The molecule has 0 atom stereocenters. The van der Waals surface area contributed by atoms with Crippen LogP contribution in [-0.2, 0) is 21.2 Å². The van der Waals surface area contributed by atoms with E-state index in [9.17, 15) is 13.2 Å². The van der Waals surface area contributed by atoms with Crippen molar-refractivity contribution in [3.63, 3.8) is 0 Å². The third kappa shape index (κ3) is 7.83. The average molecular weight is 395 g/mol. The van der Waals surface area contributed by atoms with Crippen molar-refractivity contribution in [2.45, 2.75) is 32.6 Å². The Morgan fingerprint density at radius 1 is 1.25 bits per heavy atom. The SMILES string of the molecule is CCCCCNC(=O)CN(CCc1ccc(Cl)cc1Cl)S(C)(=O)=O. The van der Waals surface area contributed by atoms with E-state index in [-0.39, 0.29) is 19.0 Å². The second-order valence-corrected chi connectivity index (χ2v) is 8.47. The molecule has 1 aromatic carbocycles. The largest absolute Gasteiger partial charge is 0.355 e. The maximum atomic E-state index is 11.9. The van der Waals surface area contributed by atoms with Gasteiger partial charge in [0.2, 0.25) is 15.9 Å². The van der Waals surface area contributed by atoms with Gasteiger partial charge < -0.3 is 5.32 Å². The Balaban J connectivity index is 2.61. The van der Waals surface area contributed by atoms with Crippen molar-refractivity contribution in [3.8, 4) is 0 Å². The lowest BCUT2D eigenvalue weighted by Gasteiger charge is -2.20. The molecular formula is C16H24Cl2N2O3S. The normalized spacial score (nSPS) is 11.7. The molecule has 24 heavy (non-hydrogen) atoms. The summed E-state index contributed by atoms with van der Waals surface area (Å²) in [7, 11) is -3.48. The van der Waals surface area contributed by atoms with Gasteiger partial charge in [-0.2, -0.15) is 4.31 Å². The molecule has 0 saturated carbocycles. The minimum absolute atomic E-state index is 0.183. The number of halogens is 2. The van der Waals surface area contributed by atoms with Gasteiger partial charge in [0.05, 0.1) is 12.8 Å². The first-order valence-corrected chi connectivity index (χ1v) is 10.5. The van der Waals surface area contributed by atoms with Crippen molar-refractivity contribution >= 4 is 39.1 Å². The molecule has 0 heterocycles. The highest BCUT2D eigenvalue weighted by Crippen LogP contribution is 2.21. The fourth-order valence-corrected chi connectivity index (χ4v) is 3.43. The van der Waals surface area contributed by atoms with Gasteiger partial charge in [-0.3, -0.25) is 4.79 Å². The number of nitrogens with zero attached hydrogens (tertiary/aromatic N) is 1. The van der Waals surface area contributed by atoms with Gasteiger partial charge in [0.1, 0.15) is 0 Å². The van der Waals surface area contributed by atoms with Gasteiger partial charge in [-0.25, -0.2) is 8.42 Å². The van der Waals surface area contributed by atoms with E-state index in [1.165, 1.54) is 0 Å². The first kappa shape index (κ1) is 21.2. The first-order valence-electron chi connectivity index (χ1n) is 7.89. The molecule has 0 fully saturated rings. The molecular weight excluding hydrogens is 371 g/mol. The fraction of sp³-hybridized carbons (Fsp3) is 0.562. The zero-order valence-corrected chi connectivity index (χ0v) is 16.3. The van der Waals surface area contributed by atoms with Gasteiger partial charge in [0, 0.05) is 23.1 Å². The molecule has 0 aliphatic carbocycles. The minimum Gasteiger partial charge on any atom is -0.355 e. The summed E-state index contributed by atoms with van der Waals surface area (Å²) < 4.78 is 25.0. The van der Waals surface area contributed by atoms with E-state index in [0.29, 0.717) is 23.0 Å². The van der Waals surface area contributed by atoms with Crippen LogP contribution in [0.15, 0.2) is 18.2 Å². The Hall–Kier alpha value is -0.820. The molecule has 136 valence electrons. The number of amides is 1. The van der Waals surface area contributed by atoms with Gasteiger partial charge in [-0.1, -0.05) is 49.0 Å². The molecule has 0 bridgehead atoms. The third-order valence-corrected chi connectivity index (χ3v) is 5.37. The topological polar surface area (TPSA) is 66.5 Å². The summed E-state index contributed by atoms with van der Waals surface area (Å²) in [6.45, 7) is 2.64. The van der Waals surface area contributed by atoms with E-state index in [4.69, 9.17) is 23.2 Å². The lowest BCUT2D eigenvalue weighted by Crippen LogP contribution is -2.41. The van der Waals surface area contributed by atoms with Crippen LogP contribution in [-0.4, -0.2) is 44.5 Å². The average Bonchev–Trinajstić information content (AvgIpc) is 2.48. The highest BCUT2D eigenvalue weighted by Gasteiger charge is 2.20. The van der Waals surface area contributed by atoms with E-state index in [1.807, 2.05) is 0 Å². The zero-order valence-electron chi connectivity index (χ0n) is 14.0. The Kier molecular flexibility index (Phi) is 9.05. The fourth-order valence-electron chi connectivity index (χ4n) is 2.15. The molecule has 0 saturated heterocycles. The maximum Gasteiger partial charge on any atom is 0.235 e. The molecule has 1 amide bonds. The Bertz CT molecular complexity index is 651. The van der Waals surface area contributed by atoms with E-state index in [0.717, 1.165) is 35.4 Å².